The van der Waals surface area contributed by atoms with Gasteiger partial charge in [-0.05, 0) is 15.9 Å². The predicted molar refractivity (Wildman–Crippen MR) is 82.7 cm³/mol. The normalized spacial score (nSPS) is 11.6. The van der Waals surface area contributed by atoms with Crippen molar-refractivity contribution in [1.82, 2.24) is 15.0 Å². The van der Waals surface area contributed by atoms with Gasteiger partial charge in [0.25, 0.3) is 0 Å². The second kappa shape index (κ2) is 5.96. The van der Waals surface area contributed by atoms with E-state index in [-0.39, 0.29) is 5.41 Å². The Morgan fingerprint density at radius 1 is 1.32 bits per heavy atom. The minimum absolute atomic E-state index is 0.0600. The number of hydrogen-bond acceptors (Lipinski definition) is 5. The Bertz CT molecular complexity index is 534. The Labute approximate surface area is 125 Å². The number of hydrogen-bond donors (Lipinski definition) is 1. The van der Waals surface area contributed by atoms with E-state index in [2.05, 4.69) is 57.0 Å². The molecule has 0 saturated heterocycles. The zero-order valence-corrected chi connectivity index (χ0v) is 13.7. The van der Waals surface area contributed by atoms with Crippen LogP contribution >= 0.6 is 27.3 Å². The Balaban J connectivity index is 2.02. The van der Waals surface area contributed by atoms with Gasteiger partial charge < -0.3 is 5.32 Å². The molecule has 0 spiro atoms. The van der Waals surface area contributed by atoms with E-state index in [1.165, 1.54) is 0 Å². The van der Waals surface area contributed by atoms with E-state index in [1.807, 2.05) is 17.6 Å². The molecule has 0 unspecified atom stereocenters. The van der Waals surface area contributed by atoms with Crippen molar-refractivity contribution in [2.75, 3.05) is 11.9 Å². The first-order valence-electron chi connectivity index (χ1n) is 6.12. The molecule has 0 bridgehead atoms. The molecule has 2 aromatic rings. The number of aromatic nitrogens is 3. The molecule has 6 heteroatoms. The van der Waals surface area contributed by atoms with Gasteiger partial charge in [0.15, 0.2) is 0 Å². The summed E-state index contributed by atoms with van der Waals surface area (Å²) in [5.41, 5.74) is -0.0600. The van der Waals surface area contributed by atoms with Gasteiger partial charge in [-0.3, -0.25) is 0 Å². The molecule has 19 heavy (non-hydrogen) atoms. The molecule has 2 aromatic heterocycles. The van der Waals surface area contributed by atoms with Crippen molar-refractivity contribution < 1.29 is 0 Å². The van der Waals surface area contributed by atoms with Crippen LogP contribution < -0.4 is 5.32 Å². The van der Waals surface area contributed by atoms with Gasteiger partial charge in [-0.15, -0.1) is 11.3 Å². The number of nitrogens with one attached hydrogen (secondary N) is 1. The van der Waals surface area contributed by atoms with Crippen LogP contribution in [0.2, 0.25) is 0 Å². The molecule has 0 amide bonds. The summed E-state index contributed by atoms with van der Waals surface area (Å²) in [6.07, 6.45) is 2.74. The molecule has 0 saturated carbocycles. The summed E-state index contributed by atoms with van der Waals surface area (Å²) in [5, 5.41) is 6.45. The quantitative estimate of drug-likeness (QED) is 0.863. The van der Waals surface area contributed by atoms with Gasteiger partial charge in [-0.25, -0.2) is 15.0 Å². The summed E-state index contributed by atoms with van der Waals surface area (Å²) in [6, 6.07) is 1.90. The summed E-state index contributed by atoms with van der Waals surface area (Å²) in [7, 11) is 0. The van der Waals surface area contributed by atoms with Gasteiger partial charge in [-0.2, -0.15) is 0 Å². The standard InChI is InChI=1S/C13H17BrN4S/c1-13(2,3)12-17-9(14)8-10(18-12)15-5-4-11-16-6-7-19-11/h6-8H,4-5H2,1-3H3,(H,15,17,18). The second-order valence-corrected chi connectivity index (χ2v) is 7.04. The van der Waals surface area contributed by atoms with Crippen molar-refractivity contribution in [3.63, 3.8) is 0 Å². The lowest BCUT2D eigenvalue weighted by molar-refractivity contribution is 0.544. The zero-order valence-electron chi connectivity index (χ0n) is 11.3. The molecule has 0 aromatic carbocycles. The molecule has 2 heterocycles. The van der Waals surface area contributed by atoms with Crippen LogP contribution in [0.4, 0.5) is 5.82 Å². The van der Waals surface area contributed by atoms with E-state index in [1.54, 1.807) is 11.3 Å². The zero-order chi connectivity index (χ0) is 13.9. The highest BCUT2D eigenvalue weighted by atomic mass is 79.9. The van der Waals surface area contributed by atoms with E-state index in [0.29, 0.717) is 0 Å². The monoisotopic (exact) mass is 340 g/mol. The summed E-state index contributed by atoms with van der Waals surface area (Å²) in [6.45, 7) is 7.14. The first kappa shape index (κ1) is 14.4. The van der Waals surface area contributed by atoms with E-state index in [9.17, 15) is 0 Å². The Morgan fingerprint density at radius 2 is 2.11 bits per heavy atom. The van der Waals surface area contributed by atoms with Gasteiger partial charge in [0.2, 0.25) is 0 Å². The number of rotatable bonds is 4. The van der Waals surface area contributed by atoms with Crippen LogP contribution in [0.15, 0.2) is 22.2 Å². The van der Waals surface area contributed by atoms with E-state index >= 15 is 0 Å². The van der Waals surface area contributed by atoms with Crippen LogP contribution in [-0.2, 0) is 11.8 Å². The van der Waals surface area contributed by atoms with Crippen LogP contribution in [0.25, 0.3) is 0 Å². The first-order valence-corrected chi connectivity index (χ1v) is 7.80. The molecule has 0 aliphatic carbocycles. The fourth-order valence-electron chi connectivity index (χ4n) is 1.52. The molecule has 0 aliphatic rings. The highest BCUT2D eigenvalue weighted by Crippen LogP contribution is 2.22. The highest BCUT2D eigenvalue weighted by molar-refractivity contribution is 9.10. The molecule has 0 aliphatic heterocycles. The molecule has 1 N–H and O–H groups in total. The van der Waals surface area contributed by atoms with Crippen molar-refractivity contribution in [3.8, 4) is 0 Å². The van der Waals surface area contributed by atoms with E-state index in [4.69, 9.17) is 0 Å². The Kier molecular flexibility index (Phi) is 4.52. The van der Waals surface area contributed by atoms with Crippen LogP contribution in [0.1, 0.15) is 31.6 Å². The maximum atomic E-state index is 4.55. The molecule has 2 rings (SSSR count). The summed E-state index contributed by atoms with van der Waals surface area (Å²) in [5.74, 6) is 1.68. The smallest absolute Gasteiger partial charge is 0.137 e. The fraction of sp³-hybridized carbons (Fsp3) is 0.462. The number of thiazole rings is 1. The fourth-order valence-corrected chi connectivity index (χ4v) is 2.52. The van der Waals surface area contributed by atoms with Crippen LogP contribution in [0, 0.1) is 0 Å². The van der Waals surface area contributed by atoms with Crippen molar-refractivity contribution >= 4 is 33.1 Å². The van der Waals surface area contributed by atoms with Crippen LogP contribution in [-0.4, -0.2) is 21.5 Å². The van der Waals surface area contributed by atoms with Gasteiger partial charge >= 0.3 is 0 Å². The van der Waals surface area contributed by atoms with Gasteiger partial charge in [0, 0.05) is 36.0 Å². The van der Waals surface area contributed by atoms with Crippen molar-refractivity contribution in [1.29, 1.82) is 0 Å². The SMILES string of the molecule is CC(C)(C)c1nc(Br)cc(NCCc2nccs2)n1. The molecule has 4 nitrogen and oxygen atoms in total. The van der Waals surface area contributed by atoms with Gasteiger partial charge in [0.05, 0.1) is 5.01 Å². The topological polar surface area (TPSA) is 50.7 Å². The lowest BCUT2D eigenvalue weighted by Crippen LogP contribution is -2.18. The van der Waals surface area contributed by atoms with Crippen LogP contribution in [0.5, 0.6) is 0 Å². The molecule has 0 atom stereocenters. The lowest BCUT2D eigenvalue weighted by Gasteiger charge is -2.17. The number of nitrogens with zero attached hydrogens (tertiary/aromatic N) is 3. The third kappa shape index (κ3) is 4.24. The van der Waals surface area contributed by atoms with E-state index in [0.717, 1.165) is 34.2 Å². The largest absolute Gasteiger partial charge is 0.370 e. The average molecular weight is 341 g/mol. The minimum atomic E-state index is -0.0600. The molecule has 102 valence electrons. The molecule has 0 fully saturated rings. The Morgan fingerprint density at radius 3 is 2.74 bits per heavy atom. The molecule has 0 radical (unpaired) electrons. The summed E-state index contributed by atoms with van der Waals surface area (Å²) >= 11 is 5.11. The number of anilines is 1. The third-order valence-electron chi connectivity index (χ3n) is 2.49. The maximum Gasteiger partial charge on any atom is 0.137 e. The average Bonchev–Trinajstić information content (AvgIpc) is 2.80. The second-order valence-electron chi connectivity index (χ2n) is 5.25. The van der Waals surface area contributed by atoms with Crippen molar-refractivity contribution in [2.24, 2.45) is 0 Å². The maximum absolute atomic E-state index is 4.55. The molecular weight excluding hydrogens is 324 g/mol. The lowest BCUT2D eigenvalue weighted by atomic mass is 9.96. The minimum Gasteiger partial charge on any atom is -0.370 e. The predicted octanol–water partition coefficient (Wildman–Crippen LogP) is 3.65. The van der Waals surface area contributed by atoms with Crippen LogP contribution in [0.3, 0.4) is 0 Å². The van der Waals surface area contributed by atoms with Gasteiger partial charge in [-0.1, -0.05) is 20.8 Å². The first-order chi connectivity index (χ1) is 8.95. The van der Waals surface area contributed by atoms with Gasteiger partial charge in [0.1, 0.15) is 16.2 Å². The third-order valence-corrected chi connectivity index (χ3v) is 3.74. The van der Waals surface area contributed by atoms with Crippen molar-refractivity contribution in [3.05, 3.63) is 33.1 Å². The highest BCUT2D eigenvalue weighted by Gasteiger charge is 2.18. The summed E-state index contributed by atoms with van der Waals surface area (Å²) < 4.78 is 0.809. The van der Waals surface area contributed by atoms with E-state index < -0.39 is 0 Å². The van der Waals surface area contributed by atoms with Crippen molar-refractivity contribution in [2.45, 2.75) is 32.6 Å². The summed E-state index contributed by atoms with van der Waals surface area (Å²) in [4.78, 5) is 13.2. The number of halogens is 1. The Hall–Kier alpha value is -1.01. The molecular formula is C13H17BrN4S.